The summed E-state index contributed by atoms with van der Waals surface area (Å²) in [7, 11) is 1.14. The van der Waals surface area contributed by atoms with E-state index < -0.39 is 47.6 Å². The highest BCUT2D eigenvalue weighted by atomic mass is 32.2. The Labute approximate surface area is 185 Å². The van der Waals surface area contributed by atoms with Gasteiger partial charge in [0.25, 0.3) is 0 Å². The summed E-state index contributed by atoms with van der Waals surface area (Å²) in [6, 6.07) is 6.50. The molecule has 3 N–H and O–H groups in total. The van der Waals surface area contributed by atoms with E-state index in [4.69, 9.17) is 9.47 Å². The molecular formula is C20H28N2O8S. The van der Waals surface area contributed by atoms with Gasteiger partial charge in [0.1, 0.15) is 24.3 Å². The van der Waals surface area contributed by atoms with Gasteiger partial charge < -0.3 is 30.0 Å². The van der Waals surface area contributed by atoms with Crippen LogP contribution < -0.4 is 10.6 Å². The molecule has 2 atom stereocenters. The van der Waals surface area contributed by atoms with E-state index in [-0.39, 0.29) is 12.4 Å². The van der Waals surface area contributed by atoms with Crippen LogP contribution in [0.3, 0.4) is 0 Å². The molecule has 0 aliphatic heterocycles. The average Bonchev–Trinajstić information content (AvgIpc) is 2.72. The van der Waals surface area contributed by atoms with Gasteiger partial charge in [0.05, 0.1) is 13.7 Å². The molecule has 31 heavy (non-hydrogen) atoms. The van der Waals surface area contributed by atoms with Gasteiger partial charge in [-0.3, -0.25) is 4.79 Å². The number of rotatable bonds is 9. The lowest BCUT2D eigenvalue weighted by Gasteiger charge is -2.22. The fourth-order valence-corrected chi connectivity index (χ4v) is 3.00. The van der Waals surface area contributed by atoms with Crippen LogP contribution in [0.25, 0.3) is 0 Å². The third-order valence-electron chi connectivity index (χ3n) is 3.54. The Morgan fingerprint density at radius 2 is 1.65 bits per heavy atom. The Morgan fingerprint density at radius 1 is 1.03 bits per heavy atom. The molecular weight excluding hydrogens is 428 g/mol. The number of aliphatic hydroxyl groups is 1. The number of methoxy groups -OCH3 is 1. The van der Waals surface area contributed by atoms with Gasteiger partial charge in [-0.25, -0.2) is 14.4 Å². The molecule has 0 saturated carbocycles. The van der Waals surface area contributed by atoms with E-state index in [0.717, 1.165) is 12.7 Å². The minimum absolute atomic E-state index is 0.00359. The van der Waals surface area contributed by atoms with Crippen molar-refractivity contribution in [2.75, 3.05) is 19.5 Å². The van der Waals surface area contributed by atoms with Gasteiger partial charge in [-0.15, -0.1) is 0 Å². The van der Waals surface area contributed by atoms with E-state index in [1.54, 1.807) is 45.0 Å². The number of benzene rings is 1. The number of carbonyl (C=O) groups excluding carboxylic acids is 4. The zero-order valence-electron chi connectivity index (χ0n) is 17.9. The van der Waals surface area contributed by atoms with Crippen molar-refractivity contribution in [1.82, 2.24) is 10.6 Å². The van der Waals surface area contributed by atoms with Crippen LogP contribution in [0.4, 0.5) is 9.59 Å². The number of amides is 2. The van der Waals surface area contributed by atoms with Crippen LogP contribution in [-0.4, -0.2) is 65.5 Å². The van der Waals surface area contributed by atoms with Gasteiger partial charge >= 0.3 is 18.2 Å². The van der Waals surface area contributed by atoms with E-state index >= 15 is 0 Å². The first-order valence-electron chi connectivity index (χ1n) is 9.37. The SMILES string of the molecule is COC(=O)[C@@H](CSC(=O)[C@H](CO)NC(=O)OCc1ccccc1)NC(=O)OC(C)(C)C. The van der Waals surface area contributed by atoms with Crippen LogP contribution in [0.2, 0.25) is 0 Å². The zero-order valence-corrected chi connectivity index (χ0v) is 18.7. The quantitative estimate of drug-likeness (QED) is 0.373. The predicted octanol–water partition coefficient (Wildman–Crippen LogP) is 1.60. The van der Waals surface area contributed by atoms with Crippen molar-refractivity contribution >= 4 is 35.0 Å². The zero-order chi connectivity index (χ0) is 23.4. The summed E-state index contributed by atoms with van der Waals surface area (Å²) in [5.74, 6) is -0.968. The molecule has 0 unspecified atom stereocenters. The molecule has 1 aromatic carbocycles. The Morgan fingerprint density at radius 3 is 2.19 bits per heavy atom. The molecule has 0 aromatic heterocycles. The number of nitrogens with one attached hydrogen (secondary N) is 2. The van der Waals surface area contributed by atoms with Gasteiger partial charge in [0.15, 0.2) is 0 Å². The molecule has 10 nitrogen and oxygen atoms in total. The highest BCUT2D eigenvalue weighted by Gasteiger charge is 2.28. The third-order valence-corrected chi connectivity index (χ3v) is 4.61. The lowest BCUT2D eigenvalue weighted by atomic mass is 10.2. The molecule has 0 radical (unpaired) electrons. The summed E-state index contributed by atoms with van der Waals surface area (Å²) in [5, 5.41) is 13.4. The Balaban J connectivity index is 2.58. The second-order valence-electron chi connectivity index (χ2n) is 7.29. The van der Waals surface area contributed by atoms with Crippen molar-refractivity contribution in [1.29, 1.82) is 0 Å². The highest BCUT2D eigenvalue weighted by molar-refractivity contribution is 8.13. The van der Waals surface area contributed by atoms with Crippen molar-refractivity contribution in [3.05, 3.63) is 35.9 Å². The largest absolute Gasteiger partial charge is 0.467 e. The number of esters is 1. The number of hydrogen-bond acceptors (Lipinski definition) is 9. The van der Waals surface area contributed by atoms with E-state index in [0.29, 0.717) is 11.8 Å². The van der Waals surface area contributed by atoms with Crippen molar-refractivity contribution in [2.45, 2.75) is 45.1 Å². The maximum atomic E-state index is 12.4. The van der Waals surface area contributed by atoms with Crippen LogP contribution in [0, 0.1) is 0 Å². The number of thioether (sulfide) groups is 1. The lowest BCUT2D eigenvalue weighted by molar-refractivity contribution is -0.142. The first-order valence-corrected chi connectivity index (χ1v) is 10.4. The van der Waals surface area contributed by atoms with Gasteiger partial charge in [0.2, 0.25) is 5.12 Å². The molecule has 2 amide bonds. The Bertz CT molecular complexity index is 751. The third kappa shape index (κ3) is 10.7. The van der Waals surface area contributed by atoms with Crippen molar-refractivity contribution in [3.63, 3.8) is 0 Å². The topological polar surface area (TPSA) is 140 Å². The number of alkyl carbamates (subject to hydrolysis) is 2. The normalized spacial score (nSPS) is 12.8. The van der Waals surface area contributed by atoms with Crippen LogP contribution in [0.5, 0.6) is 0 Å². The van der Waals surface area contributed by atoms with E-state index in [1.807, 2.05) is 6.07 Å². The summed E-state index contributed by atoms with van der Waals surface area (Å²) in [6.07, 6.45) is -1.73. The molecule has 11 heteroatoms. The van der Waals surface area contributed by atoms with Crippen molar-refractivity contribution in [3.8, 4) is 0 Å². The van der Waals surface area contributed by atoms with Gasteiger partial charge in [-0.2, -0.15) is 0 Å². The van der Waals surface area contributed by atoms with Gasteiger partial charge in [-0.05, 0) is 26.3 Å². The highest BCUT2D eigenvalue weighted by Crippen LogP contribution is 2.12. The monoisotopic (exact) mass is 456 g/mol. The molecule has 1 aromatic rings. The number of hydrogen-bond donors (Lipinski definition) is 3. The first-order chi connectivity index (χ1) is 14.6. The molecule has 0 heterocycles. The minimum Gasteiger partial charge on any atom is -0.467 e. The molecule has 0 spiro atoms. The van der Waals surface area contributed by atoms with Crippen LogP contribution in [0.15, 0.2) is 30.3 Å². The molecule has 0 aliphatic rings. The summed E-state index contributed by atoms with van der Waals surface area (Å²) in [6.45, 7) is 4.30. The number of aliphatic hydroxyl groups excluding tert-OH is 1. The smallest absolute Gasteiger partial charge is 0.408 e. The predicted molar refractivity (Wildman–Crippen MR) is 113 cm³/mol. The minimum atomic E-state index is -1.26. The van der Waals surface area contributed by atoms with Gasteiger partial charge in [-0.1, -0.05) is 42.1 Å². The molecule has 0 saturated heterocycles. The summed E-state index contributed by atoms with van der Waals surface area (Å²) in [5.41, 5.74) is -0.0206. The second kappa shape index (κ2) is 12.8. The van der Waals surface area contributed by atoms with Crippen LogP contribution in [0.1, 0.15) is 26.3 Å². The van der Waals surface area contributed by atoms with Crippen LogP contribution >= 0.6 is 11.8 Å². The van der Waals surface area contributed by atoms with Gasteiger partial charge in [0, 0.05) is 5.75 Å². The van der Waals surface area contributed by atoms with E-state index in [2.05, 4.69) is 15.4 Å². The second-order valence-corrected chi connectivity index (χ2v) is 8.32. The summed E-state index contributed by atoms with van der Waals surface area (Å²) in [4.78, 5) is 48.1. The lowest BCUT2D eigenvalue weighted by Crippen LogP contribution is -2.47. The molecule has 0 aliphatic carbocycles. The van der Waals surface area contributed by atoms with Crippen molar-refractivity contribution < 1.29 is 38.5 Å². The van der Waals surface area contributed by atoms with Crippen LogP contribution in [-0.2, 0) is 30.4 Å². The summed E-state index contributed by atoms with van der Waals surface area (Å²) < 4.78 is 14.7. The maximum Gasteiger partial charge on any atom is 0.408 e. The molecule has 1 rings (SSSR count). The van der Waals surface area contributed by atoms with E-state index in [9.17, 15) is 24.3 Å². The Kier molecular flexibility index (Phi) is 10.8. The van der Waals surface area contributed by atoms with Crippen molar-refractivity contribution in [2.24, 2.45) is 0 Å². The maximum absolute atomic E-state index is 12.4. The average molecular weight is 457 g/mol. The molecule has 0 fully saturated rings. The number of ether oxygens (including phenoxy) is 3. The first kappa shape index (κ1) is 26.2. The fourth-order valence-electron chi connectivity index (χ4n) is 2.11. The number of carbonyl (C=O) groups is 4. The Hall–Kier alpha value is -2.79. The molecule has 172 valence electrons. The standard InChI is InChI=1S/C20H28N2O8S/c1-20(2,3)30-19(27)22-15(16(24)28-4)12-31-17(25)14(10-23)21-18(26)29-11-13-8-6-5-7-9-13/h5-9,14-15,23H,10-12H2,1-4H3,(H,21,26)(H,22,27)/t14-,15+/m0/s1. The summed E-state index contributed by atoms with van der Waals surface area (Å²) >= 11 is 0.637. The molecule has 0 bridgehead atoms. The van der Waals surface area contributed by atoms with E-state index in [1.165, 1.54) is 0 Å². The fraction of sp³-hybridized carbons (Fsp3) is 0.500.